The normalized spacial score (nSPS) is 10.4. The van der Waals surface area contributed by atoms with Crippen LogP contribution >= 0.6 is 0 Å². The average Bonchev–Trinajstić information content (AvgIpc) is 1.99. The van der Waals surface area contributed by atoms with Crippen LogP contribution in [0.25, 0.3) is 0 Å². The summed E-state index contributed by atoms with van der Waals surface area (Å²) < 4.78 is 4.80. The Kier molecular flexibility index (Phi) is 6.73. The van der Waals surface area contributed by atoms with Gasteiger partial charge in [-0.3, -0.25) is 0 Å². The van der Waals surface area contributed by atoms with Crippen LogP contribution in [0.4, 0.5) is 0 Å². The van der Waals surface area contributed by atoms with Crippen molar-refractivity contribution in [3.8, 4) is 0 Å². The van der Waals surface area contributed by atoms with Gasteiger partial charge in [-0.25, -0.2) is 4.79 Å². The van der Waals surface area contributed by atoms with E-state index < -0.39 is 0 Å². The van der Waals surface area contributed by atoms with Crippen molar-refractivity contribution in [2.45, 2.75) is 19.8 Å². The Morgan fingerprint density at radius 3 is 2.82 bits per heavy atom. The number of carbonyl (C=O) groups is 1. The van der Waals surface area contributed by atoms with Gasteiger partial charge in [0.2, 0.25) is 0 Å². The highest BCUT2D eigenvalue weighted by atomic mass is 16.5. The predicted octanol–water partition coefficient (Wildman–Crippen LogP) is 0.845. The Bertz CT molecular complexity index is 132. The van der Waals surface area contributed by atoms with Crippen molar-refractivity contribution >= 4 is 5.97 Å². The minimum absolute atomic E-state index is 0.274. The molecule has 3 heteroatoms. The van der Waals surface area contributed by atoms with Crippen LogP contribution in [0.3, 0.4) is 0 Å². The van der Waals surface area contributed by atoms with Gasteiger partial charge in [0, 0.05) is 6.08 Å². The maximum absolute atomic E-state index is 10.7. The van der Waals surface area contributed by atoms with Gasteiger partial charge in [-0.05, 0) is 26.3 Å². The lowest BCUT2D eigenvalue weighted by molar-refractivity contribution is -0.137. The molecule has 0 aliphatic carbocycles. The van der Waals surface area contributed by atoms with E-state index in [-0.39, 0.29) is 5.97 Å². The summed E-state index contributed by atoms with van der Waals surface area (Å²) in [5, 5.41) is 0. The molecule has 0 radical (unpaired) electrons. The monoisotopic (exact) mass is 157 g/mol. The number of unbranched alkanes of at least 4 members (excludes halogenated alkanes) is 1. The zero-order chi connectivity index (χ0) is 8.53. The van der Waals surface area contributed by atoms with Crippen molar-refractivity contribution in [1.29, 1.82) is 0 Å². The van der Waals surface area contributed by atoms with E-state index in [9.17, 15) is 4.79 Å². The number of esters is 1. The topological polar surface area (TPSA) is 52.3 Å². The van der Waals surface area contributed by atoms with Gasteiger partial charge >= 0.3 is 5.97 Å². The number of ether oxygens (including phenoxy) is 1. The third-order valence-electron chi connectivity index (χ3n) is 1.15. The summed E-state index contributed by atoms with van der Waals surface area (Å²) in [7, 11) is 0. The molecule has 0 unspecified atom stereocenters. The molecule has 0 aromatic heterocycles. The fraction of sp³-hybridized carbons (Fsp3) is 0.625. The lowest BCUT2D eigenvalue weighted by Crippen LogP contribution is -2.05. The Morgan fingerprint density at radius 2 is 2.27 bits per heavy atom. The first-order chi connectivity index (χ1) is 5.31. The largest absolute Gasteiger partial charge is 0.463 e. The Balaban J connectivity index is 3.17. The van der Waals surface area contributed by atoms with Gasteiger partial charge in [0.25, 0.3) is 0 Å². The molecule has 0 aliphatic heterocycles. The lowest BCUT2D eigenvalue weighted by atomic mass is 10.3. The molecule has 0 fully saturated rings. The second-order valence-corrected chi connectivity index (χ2v) is 2.16. The van der Waals surface area contributed by atoms with Crippen LogP contribution in [0.5, 0.6) is 0 Å². The van der Waals surface area contributed by atoms with Crippen LogP contribution in [-0.2, 0) is 9.53 Å². The Hall–Kier alpha value is -0.830. The zero-order valence-corrected chi connectivity index (χ0v) is 6.88. The van der Waals surface area contributed by atoms with Crippen LogP contribution in [0, 0.1) is 0 Å². The van der Waals surface area contributed by atoms with Crippen molar-refractivity contribution in [3.63, 3.8) is 0 Å². The molecule has 64 valence electrons. The molecule has 3 nitrogen and oxygen atoms in total. The van der Waals surface area contributed by atoms with Crippen molar-refractivity contribution in [3.05, 3.63) is 12.2 Å². The maximum Gasteiger partial charge on any atom is 0.330 e. The number of rotatable bonds is 5. The van der Waals surface area contributed by atoms with Gasteiger partial charge in [-0.1, -0.05) is 6.08 Å². The van der Waals surface area contributed by atoms with Crippen LogP contribution in [-0.4, -0.2) is 19.1 Å². The summed E-state index contributed by atoms with van der Waals surface area (Å²) in [5.74, 6) is -0.274. The molecule has 0 saturated carbocycles. The van der Waals surface area contributed by atoms with E-state index in [4.69, 9.17) is 10.5 Å². The molecule has 2 N–H and O–H groups in total. The first kappa shape index (κ1) is 10.2. The number of allylic oxidation sites excluding steroid dienone is 1. The summed E-state index contributed by atoms with van der Waals surface area (Å²) in [6, 6.07) is 0. The van der Waals surface area contributed by atoms with Gasteiger partial charge < -0.3 is 10.5 Å². The van der Waals surface area contributed by atoms with E-state index in [0.29, 0.717) is 13.2 Å². The standard InChI is InChI=1S/C8H15NO2/c1-2-5-8(10)11-7-4-3-6-9/h2,5H,3-4,6-7,9H2,1H3/b5-2+. The van der Waals surface area contributed by atoms with Crippen LogP contribution in [0.15, 0.2) is 12.2 Å². The molecular weight excluding hydrogens is 142 g/mol. The second-order valence-electron chi connectivity index (χ2n) is 2.16. The predicted molar refractivity (Wildman–Crippen MR) is 44.1 cm³/mol. The number of nitrogens with two attached hydrogens (primary N) is 1. The SMILES string of the molecule is C/C=C/C(=O)OCCCCN. The molecule has 0 bridgehead atoms. The highest BCUT2D eigenvalue weighted by molar-refractivity contribution is 5.81. The van der Waals surface area contributed by atoms with E-state index in [2.05, 4.69) is 0 Å². The van der Waals surface area contributed by atoms with E-state index >= 15 is 0 Å². The minimum atomic E-state index is -0.274. The van der Waals surface area contributed by atoms with E-state index in [1.54, 1.807) is 13.0 Å². The molecule has 0 saturated heterocycles. The summed E-state index contributed by atoms with van der Waals surface area (Å²) in [6.07, 6.45) is 4.82. The third kappa shape index (κ3) is 7.06. The van der Waals surface area contributed by atoms with Crippen molar-refractivity contribution in [2.24, 2.45) is 5.73 Å². The van der Waals surface area contributed by atoms with Crippen LogP contribution in [0.2, 0.25) is 0 Å². The first-order valence-corrected chi connectivity index (χ1v) is 3.80. The van der Waals surface area contributed by atoms with Crippen molar-refractivity contribution < 1.29 is 9.53 Å². The third-order valence-corrected chi connectivity index (χ3v) is 1.15. The molecule has 0 spiro atoms. The molecule has 0 atom stereocenters. The Labute approximate surface area is 67.2 Å². The van der Waals surface area contributed by atoms with Gasteiger partial charge in [0.15, 0.2) is 0 Å². The molecule has 11 heavy (non-hydrogen) atoms. The lowest BCUT2D eigenvalue weighted by Gasteiger charge is -1.99. The van der Waals surface area contributed by atoms with Crippen LogP contribution < -0.4 is 5.73 Å². The van der Waals surface area contributed by atoms with Gasteiger partial charge in [-0.2, -0.15) is 0 Å². The second kappa shape index (κ2) is 7.28. The maximum atomic E-state index is 10.7. The average molecular weight is 157 g/mol. The number of carbonyl (C=O) groups excluding carboxylic acids is 1. The molecule has 0 aromatic carbocycles. The number of hydrogen-bond acceptors (Lipinski definition) is 3. The van der Waals surface area contributed by atoms with Crippen molar-refractivity contribution in [1.82, 2.24) is 0 Å². The summed E-state index contributed by atoms with van der Waals surface area (Å²) >= 11 is 0. The summed E-state index contributed by atoms with van der Waals surface area (Å²) in [4.78, 5) is 10.7. The molecule has 0 amide bonds. The van der Waals surface area contributed by atoms with Gasteiger partial charge in [0.05, 0.1) is 6.61 Å². The first-order valence-electron chi connectivity index (χ1n) is 3.80. The highest BCUT2D eigenvalue weighted by Gasteiger charge is 1.93. The van der Waals surface area contributed by atoms with Crippen LogP contribution in [0.1, 0.15) is 19.8 Å². The summed E-state index contributed by atoms with van der Waals surface area (Å²) in [6.45, 7) is 2.91. The van der Waals surface area contributed by atoms with Gasteiger partial charge in [-0.15, -0.1) is 0 Å². The van der Waals surface area contributed by atoms with Gasteiger partial charge in [0.1, 0.15) is 0 Å². The zero-order valence-electron chi connectivity index (χ0n) is 6.88. The quantitative estimate of drug-likeness (QED) is 0.365. The molecule has 0 aromatic rings. The smallest absolute Gasteiger partial charge is 0.330 e. The fourth-order valence-electron chi connectivity index (χ4n) is 0.603. The van der Waals surface area contributed by atoms with E-state index in [1.165, 1.54) is 6.08 Å². The van der Waals surface area contributed by atoms with E-state index in [1.807, 2.05) is 0 Å². The molecule has 0 heterocycles. The number of hydrogen-bond donors (Lipinski definition) is 1. The molecular formula is C8H15NO2. The highest BCUT2D eigenvalue weighted by Crippen LogP contribution is 1.89. The fourth-order valence-corrected chi connectivity index (χ4v) is 0.603. The molecule has 0 aliphatic rings. The minimum Gasteiger partial charge on any atom is -0.463 e. The van der Waals surface area contributed by atoms with E-state index in [0.717, 1.165) is 12.8 Å². The molecule has 0 rings (SSSR count). The summed E-state index contributed by atoms with van der Waals surface area (Å²) in [5.41, 5.74) is 5.25. The Morgan fingerprint density at radius 1 is 1.55 bits per heavy atom. The van der Waals surface area contributed by atoms with Crippen molar-refractivity contribution in [2.75, 3.05) is 13.2 Å².